The smallest absolute Gasteiger partial charge is 0.230 e. The summed E-state index contributed by atoms with van der Waals surface area (Å²) in [5.74, 6) is -2.37. The van der Waals surface area contributed by atoms with Gasteiger partial charge in [-0.25, -0.2) is 13.8 Å². The Morgan fingerprint density at radius 2 is 1.92 bits per heavy atom. The summed E-state index contributed by atoms with van der Waals surface area (Å²) in [4.78, 5) is 28.3. The number of carbonyl (C=O) groups excluding carboxylic acids is 2. The van der Waals surface area contributed by atoms with Gasteiger partial charge in [-0.3, -0.25) is 9.59 Å². The maximum atomic E-state index is 13.1. The van der Waals surface area contributed by atoms with Gasteiger partial charge in [-0.05, 0) is 25.0 Å². The molecule has 0 bridgehead atoms. The van der Waals surface area contributed by atoms with Crippen LogP contribution in [0.1, 0.15) is 31.4 Å². The molecule has 0 aliphatic heterocycles. The summed E-state index contributed by atoms with van der Waals surface area (Å²) in [6, 6.07) is 3.15. The second-order valence-electron chi connectivity index (χ2n) is 5.97. The van der Waals surface area contributed by atoms with Crippen molar-refractivity contribution in [2.45, 2.75) is 32.1 Å². The van der Waals surface area contributed by atoms with Crippen LogP contribution in [0.25, 0.3) is 0 Å². The molecule has 0 radical (unpaired) electrons. The van der Waals surface area contributed by atoms with E-state index in [1.807, 2.05) is 0 Å². The standard InChI is InChI=1S/C17H17F2N3O2S/c18-13-6-5-11(7-14(13)19)20-15(23)8-12-9-25-17(21-12)22-16(24)10-3-1-2-4-10/h5-7,9-10H,1-4,8H2,(H,20,23)(H,21,22,24). The summed E-state index contributed by atoms with van der Waals surface area (Å²) >= 11 is 1.26. The highest BCUT2D eigenvalue weighted by Gasteiger charge is 2.23. The molecule has 1 aromatic carbocycles. The Labute approximate surface area is 147 Å². The second kappa shape index (κ2) is 7.69. The quantitative estimate of drug-likeness (QED) is 0.848. The van der Waals surface area contributed by atoms with Crippen LogP contribution in [-0.2, 0) is 16.0 Å². The van der Waals surface area contributed by atoms with Gasteiger partial charge in [0.25, 0.3) is 0 Å². The summed E-state index contributed by atoms with van der Waals surface area (Å²) in [5.41, 5.74) is 0.681. The molecule has 0 unspecified atom stereocenters. The second-order valence-corrected chi connectivity index (χ2v) is 6.83. The van der Waals surface area contributed by atoms with Crippen molar-refractivity contribution in [3.05, 3.63) is 40.9 Å². The molecule has 3 rings (SSSR count). The highest BCUT2D eigenvalue weighted by Crippen LogP contribution is 2.26. The zero-order valence-corrected chi connectivity index (χ0v) is 14.2. The van der Waals surface area contributed by atoms with Crippen molar-refractivity contribution in [1.82, 2.24) is 4.98 Å². The number of carbonyl (C=O) groups is 2. The van der Waals surface area contributed by atoms with Crippen molar-refractivity contribution < 1.29 is 18.4 Å². The van der Waals surface area contributed by atoms with E-state index in [-0.39, 0.29) is 23.9 Å². The number of amides is 2. The van der Waals surface area contributed by atoms with Gasteiger partial charge in [-0.15, -0.1) is 11.3 Å². The van der Waals surface area contributed by atoms with Crippen LogP contribution in [0.5, 0.6) is 0 Å². The average molecular weight is 365 g/mol. The number of benzene rings is 1. The Hall–Kier alpha value is -2.35. The third kappa shape index (κ3) is 4.60. The van der Waals surface area contributed by atoms with Crippen molar-refractivity contribution in [1.29, 1.82) is 0 Å². The summed E-state index contributed by atoms with van der Waals surface area (Å²) in [6.45, 7) is 0. The van der Waals surface area contributed by atoms with Crippen molar-refractivity contribution in [3.8, 4) is 0 Å². The van der Waals surface area contributed by atoms with Gasteiger partial charge in [0.05, 0.1) is 12.1 Å². The summed E-state index contributed by atoms with van der Waals surface area (Å²) in [7, 11) is 0. The highest BCUT2D eigenvalue weighted by molar-refractivity contribution is 7.13. The predicted octanol–water partition coefficient (Wildman–Crippen LogP) is 3.73. The number of hydrogen-bond acceptors (Lipinski definition) is 4. The van der Waals surface area contributed by atoms with E-state index in [0.29, 0.717) is 10.8 Å². The minimum absolute atomic E-state index is 0.0191. The number of nitrogens with zero attached hydrogens (tertiary/aromatic N) is 1. The van der Waals surface area contributed by atoms with E-state index >= 15 is 0 Å². The van der Waals surface area contributed by atoms with Crippen LogP contribution in [-0.4, -0.2) is 16.8 Å². The number of rotatable bonds is 5. The van der Waals surface area contributed by atoms with Gasteiger partial charge >= 0.3 is 0 Å². The van der Waals surface area contributed by atoms with Gasteiger partial charge in [0.2, 0.25) is 11.8 Å². The van der Waals surface area contributed by atoms with Crippen LogP contribution in [0.4, 0.5) is 19.6 Å². The number of anilines is 2. The molecule has 1 heterocycles. The lowest BCUT2D eigenvalue weighted by Crippen LogP contribution is -2.20. The van der Waals surface area contributed by atoms with Gasteiger partial charge in [0.1, 0.15) is 0 Å². The van der Waals surface area contributed by atoms with Crippen molar-refractivity contribution in [3.63, 3.8) is 0 Å². The minimum atomic E-state index is -1.02. The molecule has 1 aromatic heterocycles. The molecular formula is C17H17F2N3O2S. The molecule has 132 valence electrons. The summed E-state index contributed by atoms with van der Waals surface area (Å²) < 4.78 is 26.0. The van der Waals surface area contributed by atoms with Crippen LogP contribution >= 0.6 is 11.3 Å². The van der Waals surface area contributed by atoms with Crippen molar-refractivity contribution in [2.75, 3.05) is 10.6 Å². The normalized spacial score (nSPS) is 14.5. The predicted molar refractivity (Wildman–Crippen MR) is 91.4 cm³/mol. The first-order chi connectivity index (χ1) is 12.0. The Morgan fingerprint density at radius 1 is 1.16 bits per heavy atom. The monoisotopic (exact) mass is 365 g/mol. The maximum absolute atomic E-state index is 13.1. The average Bonchev–Trinajstić information content (AvgIpc) is 3.23. The van der Waals surface area contributed by atoms with Gasteiger partial charge in [0, 0.05) is 23.1 Å². The third-order valence-corrected chi connectivity index (χ3v) is 4.86. The van der Waals surface area contributed by atoms with Crippen molar-refractivity contribution in [2.24, 2.45) is 5.92 Å². The van der Waals surface area contributed by atoms with Gasteiger partial charge in [-0.1, -0.05) is 12.8 Å². The fourth-order valence-corrected chi connectivity index (χ4v) is 3.50. The minimum Gasteiger partial charge on any atom is -0.326 e. The van der Waals surface area contributed by atoms with E-state index in [0.717, 1.165) is 37.8 Å². The molecule has 5 nitrogen and oxygen atoms in total. The lowest BCUT2D eigenvalue weighted by molar-refractivity contribution is -0.119. The molecular weight excluding hydrogens is 348 g/mol. The first kappa shape index (κ1) is 17.5. The van der Waals surface area contributed by atoms with E-state index in [1.165, 1.54) is 17.4 Å². The zero-order chi connectivity index (χ0) is 17.8. The molecule has 0 atom stereocenters. The first-order valence-corrected chi connectivity index (χ1v) is 8.89. The zero-order valence-electron chi connectivity index (χ0n) is 13.4. The topological polar surface area (TPSA) is 71.1 Å². The van der Waals surface area contributed by atoms with E-state index in [1.54, 1.807) is 5.38 Å². The largest absolute Gasteiger partial charge is 0.326 e. The summed E-state index contributed by atoms with van der Waals surface area (Å²) in [6.07, 6.45) is 3.94. The summed E-state index contributed by atoms with van der Waals surface area (Å²) in [5, 5.41) is 7.43. The lowest BCUT2D eigenvalue weighted by atomic mass is 10.1. The number of hydrogen-bond donors (Lipinski definition) is 2. The number of halogens is 2. The highest BCUT2D eigenvalue weighted by atomic mass is 32.1. The van der Waals surface area contributed by atoms with E-state index in [4.69, 9.17) is 0 Å². The molecule has 1 fully saturated rings. The fourth-order valence-electron chi connectivity index (χ4n) is 2.78. The van der Waals surface area contributed by atoms with Gasteiger partial charge < -0.3 is 10.6 Å². The number of aromatic nitrogens is 1. The van der Waals surface area contributed by atoms with Crippen LogP contribution in [0.2, 0.25) is 0 Å². The molecule has 2 amide bonds. The molecule has 1 aliphatic carbocycles. The Kier molecular flexibility index (Phi) is 5.37. The van der Waals surface area contributed by atoms with Crippen LogP contribution in [0.15, 0.2) is 23.6 Å². The Bertz CT molecular complexity index is 788. The number of nitrogens with one attached hydrogen (secondary N) is 2. The fraction of sp³-hybridized carbons (Fsp3) is 0.353. The van der Waals surface area contributed by atoms with E-state index in [2.05, 4.69) is 15.6 Å². The maximum Gasteiger partial charge on any atom is 0.230 e. The molecule has 8 heteroatoms. The first-order valence-electron chi connectivity index (χ1n) is 8.01. The Morgan fingerprint density at radius 3 is 2.64 bits per heavy atom. The molecule has 0 spiro atoms. The lowest BCUT2D eigenvalue weighted by Gasteiger charge is -2.07. The molecule has 1 saturated carbocycles. The molecule has 25 heavy (non-hydrogen) atoms. The third-order valence-electron chi connectivity index (χ3n) is 4.05. The van der Waals surface area contributed by atoms with Crippen LogP contribution in [0, 0.1) is 17.6 Å². The molecule has 0 saturated heterocycles. The Balaban J connectivity index is 1.54. The van der Waals surface area contributed by atoms with Crippen LogP contribution in [0.3, 0.4) is 0 Å². The van der Waals surface area contributed by atoms with Crippen LogP contribution < -0.4 is 10.6 Å². The van der Waals surface area contributed by atoms with Gasteiger partial charge in [0.15, 0.2) is 16.8 Å². The SMILES string of the molecule is O=C(Cc1csc(NC(=O)C2CCCC2)n1)Nc1ccc(F)c(F)c1. The van der Waals surface area contributed by atoms with E-state index < -0.39 is 17.5 Å². The van der Waals surface area contributed by atoms with Gasteiger partial charge in [-0.2, -0.15) is 0 Å². The molecule has 1 aliphatic rings. The molecule has 2 N–H and O–H groups in total. The molecule has 2 aromatic rings. The van der Waals surface area contributed by atoms with E-state index in [9.17, 15) is 18.4 Å². The number of thiazole rings is 1. The van der Waals surface area contributed by atoms with Crippen molar-refractivity contribution >= 4 is 34.0 Å².